The van der Waals surface area contributed by atoms with E-state index in [-0.39, 0.29) is 5.97 Å². The van der Waals surface area contributed by atoms with Gasteiger partial charge in [0.25, 0.3) is 11.1 Å². The molecule has 0 amide bonds. The fraction of sp³-hybridized carbons (Fsp3) is 0.417. The Morgan fingerprint density at radius 2 is 2.32 bits per heavy atom. The van der Waals surface area contributed by atoms with Crippen molar-refractivity contribution in [2.24, 2.45) is 0 Å². The molecule has 0 aliphatic carbocycles. The predicted octanol–water partition coefficient (Wildman–Crippen LogP) is 3.02. The summed E-state index contributed by atoms with van der Waals surface area (Å²) in [6.07, 6.45) is 1.33. The molecular formula is C12H14N2O3S2. The summed E-state index contributed by atoms with van der Waals surface area (Å²) in [5.74, 6) is 0.863. The molecule has 0 aliphatic rings. The molecule has 2 rings (SSSR count). The van der Waals surface area contributed by atoms with Crippen molar-refractivity contribution in [1.82, 2.24) is 10.2 Å². The molecule has 0 unspecified atom stereocenters. The summed E-state index contributed by atoms with van der Waals surface area (Å²) >= 11 is 3.01. The van der Waals surface area contributed by atoms with E-state index in [1.807, 2.05) is 6.07 Å². The molecule has 0 atom stereocenters. The largest absolute Gasteiger partial charge is 0.469 e. The number of thiophene rings is 1. The van der Waals surface area contributed by atoms with E-state index in [1.165, 1.54) is 23.7 Å². The van der Waals surface area contributed by atoms with Gasteiger partial charge in [-0.2, -0.15) is 0 Å². The molecule has 2 heterocycles. The van der Waals surface area contributed by atoms with Crippen LogP contribution in [0.2, 0.25) is 0 Å². The van der Waals surface area contributed by atoms with Crippen LogP contribution in [0.5, 0.6) is 0 Å². The van der Waals surface area contributed by atoms with Crippen molar-refractivity contribution >= 4 is 29.1 Å². The quantitative estimate of drug-likeness (QED) is 0.603. The molecule has 0 saturated heterocycles. The lowest BCUT2D eigenvalue weighted by Crippen LogP contribution is -2.00. The number of esters is 1. The highest BCUT2D eigenvalue weighted by molar-refractivity contribution is 7.99. The van der Waals surface area contributed by atoms with Crippen LogP contribution in [0, 0.1) is 0 Å². The maximum Gasteiger partial charge on any atom is 0.306 e. The van der Waals surface area contributed by atoms with Gasteiger partial charge in [-0.25, -0.2) is 0 Å². The molecule has 0 radical (unpaired) electrons. The minimum absolute atomic E-state index is 0.238. The lowest BCUT2D eigenvalue weighted by molar-refractivity contribution is -0.140. The third kappa shape index (κ3) is 3.81. The zero-order chi connectivity index (χ0) is 13.7. The summed E-state index contributed by atoms with van der Waals surface area (Å²) in [4.78, 5) is 13.2. The highest BCUT2D eigenvalue weighted by Crippen LogP contribution is 2.29. The lowest BCUT2D eigenvalue weighted by atomic mass is 10.4. The van der Waals surface area contributed by atoms with Gasteiger partial charge < -0.3 is 9.15 Å². The first kappa shape index (κ1) is 14.1. The minimum atomic E-state index is -0.238. The number of rotatable bonds is 6. The Kier molecular flexibility index (Phi) is 4.98. The zero-order valence-electron chi connectivity index (χ0n) is 10.7. The number of aromatic nitrogens is 2. The van der Waals surface area contributed by atoms with E-state index in [4.69, 9.17) is 4.42 Å². The number of nitrogens with zero attached hydrogens (tertiary/aromatic N) is 2. The predicted molar refractivity (Wildman–Crippen MR) is 74.3 cm³/mol. The van der Waals surface area contributed by atoms with Crippen LogP contribution in [-0.4, -0.2) is 29.0 Å². The van der Waals surface area contributed by atoms with Gasteiger partial charge in [-0.05, 0) is 18.6 Å². The van der Waals surface area contributed by atoms with E-state index >= 15 is 0 Å². The van der Waals surface area contributed by atoms with Crippen LogP contribution in [0.3, 0.4) is 0 Å². The molecule has 102 valence electrons. The Morgan fingerprint density at radius 1 is 1.47 bits per heavy atom. The third-order valence-corrected chi connectivity index (χ3v) is 4.42. The number of methoxy groups -OCH3 is 1. The highest BCUT2D eigenvalue weighted by Gasteiger charge is 2.11. The van der Waals surface area contributed by atoms with Crippen molar-refractivity contribution in [2.45, 2.75) is 25.0 Å². The summed E-state index contributed by atoms with van der Waals surface area (Å²) in [5.41, 5.74) is 0. The van der Waals surface area contributed by atoms with Gasteiger partial charge in [-0.3, -0.25) is 4.79 Å². The number of carbonyl (C=O) groups excluding carboxylic acids is 1. The SMILES string of the molecule is CCc1ccc(-c2nnc(SCCC(=O)OC)o2)s1. The van der Waals surface area contributed by atoms with E-state index in [0.29, 0.717) is 23.3 Å². The van der Waals surface area contributed by atoms with Crippen molar-refractivity contribution in [3.63, 3.8) is 0 Å². The molecule has 0 spiro atoms. The third-order valence-electron chi connectivity index (χ3n) is 2.39. The second-order valence-electron chi connectivity index (χ2n) is 3.67. The topological polar surface area (TPSA) is 65.2 Å². The van der Waals surface area contributed by atoms with Gasteiger partial charge in [0.05, 0.1) is 18.4 Å². The molecule has 2 aromatic heterocycles. The van der Waals surface area contributed by atoms with E-state index in [9.17, 15) is 4.79 Å². The van der Waals surface area contributed by atoms with E-state index in [1.54, 1.807) is 11.3 Å². The fourth-order valence-corrected chi connectivity index (χ4v) is 2.92. The number of ether oxygens (including phenoxy) is 1. The van der Waals surface area contributed by atoms with Crippen molar-refractivity contribution in [2.75, 3.05) is 12.9 Å². The second-order valence-corrected chi connectivity index (χ2v) is 5.88. The number of carbonyl (C=O) groups is 1. The van der Waals surface area contributed by atoms with Crippen LogP contribution in [0.1, 0.15) is 18.2 Å². The first-order valence-corrected chi connectivity index (χ1v) is 7.65. The first-order chi connectivity index (χ1) is 9.22. The van der Waals surface area contributed by atoms with Gasteiger partial charge in [-0.15, -0.1) is 21.5 Å². The van der Waals surface area contributed by atoms with E-state index in [0.717, 1.165) is 11.3 Å². The lowest BCUT2D eigenvalue weighted by Gasteiger charge is -1.95. The van der Waals surface area contributed by atoms with Gasteiger partial charge in [0.2, 0.25) is 0 Å². The van der Waals surface area contributed by atoms with Crippen molar-refractivity contribution in [3.05, 3.63) is 17.0 Å². The number of aryl methyl sites for hydroxylation is 1. The zero-order valence-corrected chi connectivity index (χ0v) is 12.3. The van der Waals surface area contributed by atoms with Crippen LogP contribution in [0.25, 0.3) is 10.8 Å². The summed E-state index contributed by atoms with van der Waals surface area (Å²) in [5, 5.41) is 8.44. The normalized spacial score (nSPS) is 10.6. The van der Waals surface area contributed by atoms with Gasteiger partial charge >= 0.3 is 5.97 Å². The maximum absolute atomic E-state index is 11.0. The summed E-state index contributed by atoms with van der Waals surface area (Å²) in [6.45, 7) is 2.11. The number of thioether (sulfide) groups is 1. The fourth-order valence-electron chi connectivity index (χ4n) is 1.37. The molecule has 7 heteroatoms. The molecule has 5 nitrogen and oxygen atoms in total. The van der Waals surface area contributed by atoms with Gasteiger partial charge in [-0.1, -0.05) is 18.7 Å². The molecule has 0 saturated carbocycles. The highest BCUT2D eigenvalue weighted by atomic mass is 32.2. The molecule has 0 fully saturated rings. The molecule has 0 aromatic carbocycles. The molecule has 19 heavy (non-hydrogen) atoms. The van der Waals surface area contributed by atoms with Crippen molar-refractivity contribution in [3.8, 4) is 10.8 Å². The van der Waals surface area contributed by atoms with E-state index < -0.39 is 0 Å². The van der Waals surface area contributed by atoms with Crippen LogP contribution in [0.15, 0.2) is 21.8 Å². The summed E-state index contributed by atoms with van der Waals surface area (Å²) in [7, 11) is 1.37. The number of hydrogen-bond donors (Lipinski definition) is 0. The maximum atomic E-state index is 11.0. The molecule has 0 N–H and O–H groups in total. The monoisotopic (exact) mass is 298 g/mol. The average molecular weight is 298 g/mol. The Balaban J connectivity index is 1.93. The minimum Gasteiger partial charge on any atom is -0.469 e. The number of hydrogen-bond acceptors (Lipinski definition) is 7. The van der Waals surface area contributed by atoms with Gasteiger partial charge in [0.1, 0.15) is 0 Å². The summed E-state index contributed by atoms with van der Waals surface area (Å²) < 4.78 is 10.1. The standard InChI is InChI=1S/C12H14N2O3S2/c1-3-8-4-5-9(19-8)11-13-14-12(17-11)18-7-6-10(15)16-2/h4-5H,3,6-7H2,1-2H3. The van der Waals surface area contributed by atoms with E-state index in [2.05, 4.69) is 27.9 Å². The Morgan fingerprint density at radius 3 is 3.00 bits per heavy atom. The Hall–Kier alpha value is -1.34. The van der Waals surface area contributed by atoms with Crippen molar-refractivity contribution < 1.29 is 13.9 Å². The van der Waals surface area contributed by atoms with Crippen LogP contribution in [-0.2, 0) is 16.0 Å². The summed E-state index contributed by atoms with van der Waals surface area (Å²) in [6, 6.07) is 4.05. The van der Waals surface area contributed by atoms with Crippen LogP contribution >= 0.6 is 23.1 Å². The van der Waals surface area contributed by atoms with Crippen molar-refractivity contribution in [1.29, 1.82) is 0 Å². The Bertz CT molecular complexity index is 551. The Labute approximate surface area is 119 Å². The first-order valence-electron chi connectivity index (χ1n) is 5.85. The molecular weight excluding hydrogens is 284 g/mol. The molecule has 0 bridgehead atoms. The van der Waals surface area contributed by atoms with Crippen LogP contribution in [0.4, 0.5) is 0 Å². The molecule has 2 aromatic rings. The second kappa shape index (κ2) is 6.72. The van der Waals surface area contributed by atoms with Gasteiger partial charge in [0.15, 0.2) is 0 Å². The van der Waals surface area contributed by atoms with Gasteiger partial charge in [0, 0.05) is 10.6 Å². The molecule has 0 aliphatic heterocycles. The smallest absolute Gasteiger partial charge is 0.306 e. The van der Waals surface area contributed by atoms with Crippen LogP contribution < -0.4 is 0 Å². The average Bonchev–Trinajstić information content (AvgIpc) is 3.06.